The highest BCUT2D eigenvalue weighted by molar-refractivity contribution is 6.31. The van der Waals surface area contributed by atoms with Crippen molar-refractivity contribution < 1.29 is 4.79 Å². The van der Waals surface area contributed by atoms with Crippen molar-refractivity contribution in [3.8, 4) is 11.4 Å². The smallest absolute Gasteiger partial charge is 0.223 e. The van der Waals surface area contributed by atoms with Gasteiger partial charge in [-0.1, -0.05) is 59.6 Å². The lowest BCUT2D eigenvalue weighted by atomic mass is 9.96. The average Bonchev–Trinajstić information content (AvgIpc) is 2.79. The summed E-state index contributed by atoms with van der Waals surface area (Å²) in [5.41, 5.74) is 3.16. The minimum absolute atomic E-state index is 0.0159. The van der Waals surface area contributed by atoms with E-state index in [1.807, 2.05) is 42.5 Å². The number of hydrogen-bond donors (Lipinski definition) is 1. The van der Waals surface area contributed by atoms with Gasteiger partial charge in [0, 0.05) is 42.3 Å². The van der Waals surface area contributed by atoms with E-state index in [-0.39, 0.29) is 11.8 Å². The highest BCUT2D eigenvalue weighted by atomic mass is 35.5. The van der Waals surface area contributed by atoms with E-state index in [2.05, 4.69) is 34.3 Å². The van der Waals surface area contributed by atoms with Crippen molar-refractivity contribution in [2.75, 3.05) is 18.0 Å². The molecule has 0 bridgehead atoms. The third-order valence-corrected chi connectivity index (χ3v) is 5.92. The summed E-state index contributed by atoms with van der Waals surface area (Å²) in [5, 5.41) is 3.71. The molecule has 6 heteroatoms. The van der Waals surface area contributed by atoms with Crippen molar-refractivity contribution in [2.24, 2.45) is 5.92 Å². The van der Waals surface area contributed by atoms with Gasteiger partial charge in [0.15, 0.2) is 5.82 Å². The van der Waals surface area contributed by atoms with Crippen molar-refractivity contribution in [1.29, 1.82) is 0 Å². The van der Waals surface area contributed by atoms with Crippen molar-refractivity contribution in [3.63, 3.8) is 0 Å². The van der Waals surface area contributed by atoms with Crippen LogP contribution in [0.15, 0.2) is 60.8 Å². The average molecular weight is 421 g/mol. The van der Waals surface area contributed by atoms with Gasteiger partial charge in [0.1, 0.15) is 5.82 Å². The molecule has 0 spiro atoms. The van der Waals surface area contributed by atoms with Gasteiger partial charge in [-0.3, -0.25) is 4.79 Å². The fourth-order valence-electron chi connectivity index (χ4n) is 3.71. The Kier molecular flexibility index (Phi) is 6.29. The van der Waals surface area contributed by atoms with E-state index < -0.39 is 0 Å². The Morgan fingerprint density at radius 3 is 2.57 bits per heavy atom. The van der Waals surface area contributed by atoms with E-state index in [1.165, 1.54) is 5.56 Å². The van der Waals surface area contributed by atoms with E-state index in [4.69, 9.17) is 16.6 Å². The quantitative estimate of drug-likeness (QED) is 0.653. The third-order valence-electron chi connectivity index (χ3n) is 5.55. The molecule has 0 aliphatic carbocycles. The Bertz CT molecular complexity index is 1010. The summed E-state index contributed by atoms with van der Waals surface area (Å²) in [4.78, 5) is 24.0. The Hall–Kier alpha value is -2.92. The van der Waals surface area contributed by atoms with Crippen LogP contribution in [0.3, 0.4) is 0 Å². The van der Waals surface area contributed by atoms with Crippen LogP contribution in [0.4, 0.5) is 5.82 Å². The van der Waals surface area contributed by atoms with Gasteiger partial charge >= 0.3 is 0 Å². The first kappa shape index (κ1) is 20.4. The maximum absolute atomic E-state index is 12.6. The lowest BCUT2D eigenvalue weighted by Crippen LogP contribution is -2.40. The largest absolute Gasteiger partial charge is 0.356 e. The maximum Gasteiger partial charge on any atom is 0.223 e. The van der Waals surface area contributed by atoms with Crippen molar-refractivity contribution in [3.05, 3.63) is 76.9 Å². The molecule has 2 aromatic carbocycles. The first-order chi connectivity index (χ1) is 14.6. The molecule has 154 valence electrons. The first-order valence-electron chi connectivity index (χ1n) is 10.3. The second-order valence-electron chi connectivity index (χ2n) is 7.68. The lowest BCUT2D eigenvalue weighted by Gasteiger charge is -2.32. The van der Waals surface area contributed by atoms with Gasteiger partial charge in [-0.15, -0.1) is 0 Å². The van der Waals surface area contributed by atoms with Gasteiger partial charge in [0.05, 0.1) is 0 Å². The molecule has 1 aliphatic rings. The zero-order valence-corrected chi connectivity index (χ0v) is 17.8. The molecule has 4 rings (SSSR count). The number of hydrogen-bond acceptors (Lipinski definition) is 4. The topological polar surface area (TPSA) is 58.1 Å². The number of nitrogens with zero attached hydrogens (tertiary/aromatic N) is 3. The number of carbonyl (C=O) groups is 1. The summed E-state index contributed by atoms with van der Waals surface area (Å²) in [6.45, 7) is 4.13. The molecule has 1 aliphatic heterocycles. The SMILES string of the molecule is Cc1ccc(-c2nccc(N3CCC(C(=O)NCc4ccccc4Cl)CC3)n2)cc1. The molecule has 1 N–H and O–H groups in total. The number of aromatic nitrogens is 2. The minimum atomic E-state index is 0.0159. The van der Waals surface area contributed by atoms with Crippen LogP contribution in [-0.2, 0) is 11.3 Å². The summed E-state index contributed by atoms with van der Waals surface area (Å²) in [6.07, 6.45) is 3.41. The van der Waals surface area contributed by atoms with Crippen molar-refractivity contribution in [2.45, 2.75) is 26.3 Å². The predicted molar refractivity (Wildman–Crippen MR) is 120 cm³/mol. The maximum atomic E-state index is 12.6. The van der Waals surface area contributed by atoms with Gasteiger partial charge in [0.2, 0.25) is 5.91 Å². The highest BCUT2D eigenvalue weighted by Crippen LogP contribution is 2.24. The normalized spacial score (nSPS) is 14.5. The molecule has 0 saturated carbocycles. The van der Waals surface area contributed by atoms with Crippen LogP contribution in [-0.4, -0.2) is 29.0 Å². The van der Waals surface area contributed by atoms with Gasteiger partial charge in [-0.2, -0.15) is 0 Å². The Morgan fingerprint density at radius 2 is 1.83 bits per heavy atom. The molecule has 5 nitrogen and oxygen atoms in total. The highest BCUT2D eigenvalue weighted by Gasteiger charge is 2.25. The number of rotatable bonds is 5. The van der Waals surface area contributed by atoms with Gasteiger partial charge < -0.3 is 10.2 Å². The molecule has 1 fully saturated rings. The number of nitrogens with one attached hydrogen (secondary N) is 1. The lowest BCUT2D eigenvalue weighted by molar-refractivity contribution is -0.125. The van der Waals surface area contributed by atoms with Gasteiger partial charge in [0.25, 0.3) is 0 Å². The number of benzene rings is 2. The van der Waals surface area contributed by atoms with Gasteiger partial charge in [-0.05, 0) is 37.5 Å². The zero-order chi connectivity index (χ0) is 20.9. The fourth-order valence-corrected chi connectivity index (χ4v) is 3.91. The molecule has 3 aromatic rings. The predicted octanol–water partition coefficient (Wildman–Crippen LogP) is 4.64. The van der Waals surface area contributed by atoms with Crippen LogP contribution < -0.4 is 10.2 Å². The summed E-state index contributed by atoms with van der Waals surface area (Å²) in [7, 11) is 0. The van der Waals surface area contributed by atoms with Crippen molar-refractivity contribution >= 4 is 23.3 Å². The standard InChI is InChI=1S/C24H25ClN4O/c1-17-6-8-18(9-7-17)23-26-13-10-22(28-23)29-14-11-19(12-15-29)24(30)27-16-20-4-2-3-5-21(20)25/h2-10,13,19H,11-12,14-16H2,1H3,(H,27,30). The molecule has 30 heavy (non-hydrogen) atoms. The summed E-state index contributed by atoms with van der Waals surface area (Å²) < 4.78 is 0. The van der Waals surface area contributed by atoms with Crippen LogP contribution in [0.2, 0.25) is 5.02 Å². The minimum Gasteiger partial charge on any atom is -0.356 e. The van der Waals surface area contributed by atoms with Crippen LogP contribution >= 0.6 is 11.6 Å². The third kappa shape index (κ3) is 4.79. The Balaban J connectivity index is 1.34. The molecule has 0 atom stereocenters. The Labute approximate surface area is 182 Å². The summed E-state index contributed by atoms with van der Waals surface area (Å²) in [5.74, 6) is 1.75. The number of aryl methyl sites for hydroxylation is 1. The monoisotopic (exact) mass is 420 g/mol. The summed E-state index contributed by atoms with van der Waals surface area (Å²) in [6, 6.07) is 17.8. The number of carbonyl (C=O) groups excluding carboxylic acids is 1. The van der Waals surface area contributed by atoms with E-state index >= 15 is 0 Å². The van der Waals surface area contributed by atoms with E-state index in [1.54, 1.807) is 6.20 Å². The van der Waals surface area contributed by atoms with E-state index in [9.17, 15) is 4.79 Å². The molecule has 1 amide bonds. The zero-order valence-electron chi connectivity index (χ0n) is 17.0. The number of amides is 1. The second-order valence-corrected chi connectivity index (χ2v) is 8.08. The first-order valence-corrected chi connectivity index (χ1v) is 10.6. The molecule has 0 radical (unpaired) electrons. The van der Waals surface area contributed by atoms with E-state index in [0.29, 0.717) is 11.6 Å². The molecular formula is C24H25ClN4O. The molecule has 0 unspecified atom stereocenters. The van der Waals surface area contributed by atoms with Crippen LogP contribution in [0.5, 0.6) is 0 Å². The number of anilines is 1. The number of halogens is 1. The molecule has 1 aromatic heterocycles. The molecule has 1 saturated heterocycles. The van der Waals surface area contributed by atoms with Crippen LogP contribution in [0.1, 0.15) is 24.0 Å². The molecule has 2 heterocycles. The van der Waals surface area contributed by atoms with Crippen LogP contribution in [0, 0.1) is 12.8 Å². The Morgan fingerprint density at radius 1 is 1.10 bits per heavy atom. The summed E-state index contributed by atoms with van der Waals surface area (Å²) >= 11 is 6.18. The molecular weight excluding hydrogens is 396 g/mol. The second kappa shape index (κ2) is 9.26. The van der Waals surface area contributed by atoms with Crippen LogP contribution in [0.25, 0.3) is 11.4 Å². The fraction of sp³-hybridized carbons (Fsp3) is 0.292. The van der Waals surface area contributed by atoms with Crippen molar-refractivity contribution in [1.82, 2.24) is 15.3 Å². The van der Waals surface area contributed by atoms with E-state index in [0.717, 1.165) is 48.7 Å². The number of piperidine rings is 1. The van der Waals surface area contributed by atoms with Gasteiger partial charge in [-0.25, -0.2) is 9.97 Å².